The number of hydrogen-bond donors (Lipinski definition) is 3. The highest BCUT2D eigenvalue weighted by Crippen LogP contribution is 2.22. The maximum absolute atomic E-state index is 11.3. The first-order valence-electron chi connectivity index (χ1n) is 8.83. The van der Waals surface area contributed by atoms with Gasteiger partial charge < -0.3 is 15.2 Å². The molecule has 1 rings (SSSR count). The fraction of sp³-hybridized carbons (Fsp3) is 0.750. The molecule has 1 aromatic heterocycles. The van der Waals surface area contributed by atoms with Crippen molar-refractivity contribution in [3.05, 3.63) is 17.5 Å². The van der Waals surface area contributed by atoms with E-state index in [1.165, 1.54) is 0 Å². The summed E-state index contributed by atoms with van der Waals surface area (Å²) in [6, 6.07) is 1.98. The van der Waals surface area contributed by atoms with Crippen molar-refractivity contribution in [1.82, 2.24) is 20.5 Å². The third-order valence-electron chi connectivity index (χ3n) is 3.98. The normalized spacial score (nSPS) is 12.1. The second-order valence-electron chi connectivity index (χ2n) is 5.74. The molecule has 26 heavy (non-hydrogen) atoms. The summed E-state index contributed by atoms with van der Waals surface area (Å²) in [6.45, 7) is 7.42. The fourth-order valence-corrected chi connectivity index (χ4v) is 2.99. The van der Waals surface area contributed by atoms with Gasteiger partial charge in [0.25, 0.3) is 0 Å². The maximum Gasteiger partial charge on any atom is 0.211 e. The summed E-state index contributed by atoms with van der Waals surface area (Å²) >= 11 is 0. The summed E-state index contributed by atoms with van der Waals surface area (Å²) in [5.41, 5.74) is 0.993. The molecule has 0 fully saturated rings. The Kier molecular flexibility index (Phi) is 12.9. The van der Waals surface area contributed by atoms with E-state index in [9.17, 15) is 8.42 Å². The van der Waals surface area contributed by atoms with Crippen molar-refractivity contribution in [3.63, 3.8) is 0 Å². The molecule has 8 nitrogen and oxygen atoms in total. The first-order chi connectivity index (χ1) is 12.0. The number of nitrogens with zero attached hydrogens (tertiary/aromatic N) is 2. The Morgan fingerprint density at radius 1 is 1.23 bits per heavy atom. The summed E-state index contributed by atoms with van der Waals surface area (Å²) in [5, 5.41) is 10.4. The summed E-state index contributed by atoms with van der Waals surface area (Å²) in [5.74, 6) is 1.93. The molecule has 0 amide bonds. The van der Waals surface area contributed by atoms with Gasteiger partial charge in [-0.25, -0.2) is 13.1 Å². The van der Waals surface area contributed by atoms with Crippen LogP contribution >= 0.6 is 24.0 Å². The summed E-state index contributed by atoms with van der Waals surface area (Å²) in [4.78, 5) is 4.13. The minimum atomic E-state index is -3.12. The fourth-order valence-electron chi connectivity index (χ4n) is 2.33. The zero-order valence-electron chi connectivity index (χ0n) is 16.0. The monoisotopic (exact) mass is 501 g/mol. The largest absolute Gasteiger partial charge is 0.359 e. The average molecular weight is 501 g/mol. The van der Waals surface area contributed by atoms with Crippen molar-refractivity contribution < 1.29 is 12.9 Å². The van der Waals surface area contributed by atoms with Crippen LogP contribution in [0.1, 0.15) is 57.4 Å². The van der Waals surface area contributed by atoms with E-state index in [4.69, 9.17) is 4.52 Å². The summed E-state index contributed by atoms with van der Waals surface area (Å²) in [6.07, 6.45) is 2.75. The van der Waals surface area contributed by atoms with Crippen LogP contribution in [0.25, 0.3) is 0 Å². The number of guanidine groups is 1. The van der Waals surface area contributed by atoms with Gasteiger partial charge in [-0.05, 0) is 26.2 Å². The number of aliphatic imine (C=N–C) groups is 1. The summed E-state index contributed by atoms with van der Waals surface area (Å²) in [7, 11) is -1.44. The van der Waals surface area contributed by atoms with Gasteiger partial charge in [0.2, 0.25) is 10.0 Å². The highest BCUT2D eigenvalue weighted by molar-refractivity contribution is 14.0. The third kappa shape index (κ3) is 9.17. The molecule has 0 spiro atoms. The van der Waals surface area contributed by atoms with Crippen LogP contribution in [0.3, 0.4) is 0 Å². The molecule has 1 heterocycles. The third-order valence-corrected chi connectivity index (χ3v) is 5.39. The van der Waals surface area contributed by atoms with Crippen LogP contribution in [-0.2, 0) is 16.6 Å². The van der Waals surface area contributed by atoms with Gasteiger partial charge in [0.1, 0.15) is 0 Å². The van der Waals surface area contributed by atoms with Gasteiger partial charge in [0, 0.05) is 32.1 Å². The zero-order chi connectivity index (χ0) is 18.7. The predicted octanol–water partition coefficient (Wildman–Crippen LogP) is 2.19. The average Bonchev–Trinajstić information content (AvgIpc) is 3.07. The molecule has 0 unspecified atom stereocenters. The van der Waals surface area contributed by atoms with Gasteiger partial charge in [0.05, 0.1) is 18.0 Å². The number of hydrogen-bond acceptors (Lipinski definition) is 5. The molecule has 0 aliphatic heterocycles. The van der Waals surface area contributed by atoms with E-state index in [-0.39, 0.29) is 29.7 Å². The topological polar surface area (TPSA) is 109 Å². The van der Waals surface area contributed by atoms with Gasteiger partial charge in [-0.3, -0.25) is 4.99 Å². The lowest BCUT2D eigenvalue weighted by Gasteiger charge is -2.11. The number of sulfonamides is 1. The van der Waals surface area contributed by atoms with Crippen molar-refractivity contribution >= 4 is 40.0 Å². The highest BCUT2D eigenvalue weighted by atomic mass is 127. The molecule has 0 radical (unpaired) electrons. The molecule has 0 bridgehead atoms. The van der Waals surface area contributed by atoms with Crippen molar-refractivity contribution in [2.45, 2.75) is 52.5 Å². The molecule has 0 atom stereocenters. The van der Waals surface area contributed by atoms with Gasteiger partial charge in [-0.15, -0.1) is 24.0 Å². The molecule has 1 aromatic rings. The van der Waals surface area contributed by atoms with Gasteiger partial charge in [-0.1, -0.05) is 19.0 Å². The van der Waals surface area contributed by atoms with Crippen LogP contribution in [-0.4, -0.2) is 45.4 Å². The Balaban J connectivity index is 0.00000625. The lowest BCUT2D eigenvalue weighted by atomic mass is 9.99. The molecule has 152 valence electrons. The Labute approximate surface area is 174 Å². The van der Waals surface area contributed by atoms with E-state index in [2.05, 4.69) is 39.4 Å². The van der Waals surface area contributed by atoms with Gasteiger partial charge in [0.15, 0.2) is 11.7 Å². The maximum atomic E-state index is 11.3. The van der Waals surface area contributed by atoms with Crippen molar-refractivity contribution in [2.75, 3.05) is 25.9 Å². The van der Waals surface area contributed by atoms with Crippen LogP contribution in [0.5, 0.6) is 0 Å². The quantitative estimate of drug-likeness (QED) is 0.186. The Bertz CT molecular complexity index is 630. The van der Waals surface area contributed by atoms with Crippen LogP contribution in [0.2, 0.25) is 0 Å². The predicted molar refractivity (Wildman–Crippen MR) is 116 cm³/mol. The first kappa shape index (κ1) is 25.1. The van der Waals surface area contributed by atoms with Gasteiger partial charge in [-0.2, -0.15) is 0 Å². The molecule has 3 N–H and O–H groups in total. The van der Waals surface area contributed by atoms with E-state index in [1.807, 2.05) is 6.07 Å². The molecule has 0 saturated carbocycles. The number of rotatable bonds is 11. The second-order valence-corrected chi connectivity index (χ2v) is 7.83. The lowest BCUT2D eigenvalue weighted by Crippen LogP contribution is -2.38. The van der Waals surface area contributed by atoms with Crippen LogP contribution in [0, 0.1) is 0 Å². The van der Waals surface area contributed by atoms with Gasteiger partial charge >= 0.3 is 0 Å². The Hall–Kier alpha value is -0.880. The minimum absolute atomic E-state index is 0. The van der Waals surface area contributed by atoms with E-state index < -0.39 is 10.0 Å². The first-order valence-corrected chi connectivity index (χ1v) is 10.5. The van der Waals surface area contributed by atoms with E-state index in [1.54, 1.807) is 14.0 Å². The van der Waals surface area contributed by atoms with E-state index in [0.717, 1.165) is 24.3 Å². The molecular weight excluding hydrogens is 469 g/mol. The van der Waals surface area contributed by atoms with Crippen LogP contribution in [0.15, 0.2) is 15.6 Å². The smallest absolute Gasteiger partial charge is 0.211 e. The van der Waals surface area contributed by atoms with E-state index >= 15 is 0 Å². The van der Waals surface area contributed by atoms with E-state index in [0.29, 0.717) is 37.9 Å². The van der Waals surface area contributed by atoms with Crippen molar-refractivity contribution in [1.29, 1.82) is 0 Å². The molecule has 0 aromatic carbocycles. The summed E-state index contributed by atoms with van der Waals surface area (Å²) < 4.78 is 30.5. The van der Waals surface area contributed by atoms with Crippen LogP contribution in [0.4, 0.5) is 0 Å². The number of aromatic nitrogens is 1. The molecular formula is C16H32IN5O3S. The molecule has 0 saturated heterocycles. The second kappa shape index (κ2) is 13.3. The highest BCUT2D eigenvalue weighted by Gasteiger charge is 2.13. The standard InChI is InChI=1S/C16H31N5O3S.HI/c1-5-13(6-2)15-11-14(24-21-15)12-19-16(17-4)18-9-8-10-20-25(22,23)7-3;/h11,13,20H,5-10,12H2,1-4H3,(H2,17,18,19);1H. The van der Waals surface area contributed by atoms with Crippen LogP contribution < -0.4 is 15.4 Å². The number of halogens is 1. The SMILES string of the molecule is CCC(CC)c1cc(CNC(=NC)NCCCNS(=O)(=O)CC)on1.I. The number of nitrogens with one attached hydrogen (secondary N) is 3. The Morgan fingerprint density at radius 2 is 1.92 bits per heavy atom. The molecule has 10 heteroatoms. The Morgan fingerprint density at radius 3 is 2.50 bits per heavy atom. The molecule has 0 aliphatic rings. The van der Waals surface area contributed by atoms with Crippen molar-refractivity contribution in [3.8, 4) is 0 Å². The van der Waals surface area contributed by atoms with Crippen molar-refractivity contribution in [2.24, 2.45) is 4.99 Å². The molecule has 0 aliphatic carbocycles. The zero-order valence-corrected chi connectivity index (χ0v) is 19.2. The lowest BCUT2D eigenvalue weighted by molar-refractivity contribution is 0.368. The minimum Gasteiger partial charge on any atom is -0.359 e.